The molecule has 2 aromatic rings. The Morgan fingerprint density at radius 2 is 1.73 bits per heavy atom. The second-order valence-electron chi connectivity index (χ2n) is 8.57. The predicted molar refractivity (Wildman–Crippen MR) is 121 cm³/mol. The van der Waals surface area contributed by atoms with E-state index in [1.54, 1.807) is 11.6 Å². The van der Waals surface area contributed by atoms with Crippen LogP contribution in [0.15, 0.2) is 29.1 Å². The van der Waals surface area contributed by atoms with Crippen LogP contribution in [0, 0.1) is 0 Å². The largest absolute Gasteiger partial charge is 0.353 e. The lowest BCUT2D eigenvalue weighted by atomic mass is 9.95. The molecule has 2 fully saturated rings. The van der Waals surface area contributed by atoms with Crippen molar-refractivity contribution in [3.8, 4) is 0 Å². The van der Waals surface area contributed by atoms with Crippen LogP contribution in [0.25, 0.3) is 10.8 Å². The highest BCUT2D eigenvalue weighted by atomic mass is 32.2. The zero-order chi connectivity index (χ0) is 21.1. The number of anilines is 1. The zero-order valence-electron chi connectivity index (χ0n) is 17.7. The van der Waals surface area contributed by atoms with Crippen molar-refractivity contribution in [1.82, 2.24) is 14.5 Å². The van der Waals surface area contributed by atoms with Gasteiger partial charge in [-0.25, -0.2) is 17.8 Å². The molecule has 1 saturated heterocycles. The first kappa shape index (κ1) is 21.3. The number of benzene rings is 1. The molecule has 1 aromatic heterocycles. The average Bonchev–Trinajstić information content (AvgIpc) is 3.00. The van der Waals surface area contributed by atoms with E-state index in [1.165, 1.54) is 6.42 Å². The molecular weight excluding hydrogens is 400 g/mol. The molecule has 4 rings (SSSR count). The van der Waals surface area contributed by atoms with Crippen LogP contribution in [0.2, 0.25) is 0 Å². The second kappa shape index (κ2) is 9.06. The minimum absolute atomic E-state index is 0.0145. The van der Waals surface area contributed by atoms with Gasteiger partial charge in [-0.15, -0.1) is 0 Å². The highest BCUT2D eigenvalue weighted by Gasteiger charge is 2.26. The van der Waals surface area contributed by atoms with E-state index in [1.807, 2.05) is 24.3 Å². The Bertz CT molecular complexity index is 1040. The van der Waals surface area contributed by atoms with Crippen LogP contribution in [-0.2, 0) is 10.0 Å². The molecule has 1 unspecified atom stereocenters. The molecule has 2 aliphatic rings. The molecule has 0 bridgehead atoms. The number of hydrogen-bond acceptors (Lipinski definition) is 5. The summed E-state index contributed by atoms with van der Waals surface area (Å²) in [5, 5.41) is 6.45. The summed E-state index contributed by atoms with van der Waals surface area (Å²) >= 11 is 0. The maximum absolute atomic E-state index is 13.2. The fourth-order valence-electron chi connectivity index (χ4n) is 4.76. The summed E-state index contributed by atoms with van der Waals surface area (Å²) in [6.07, 6.45) is 8.22. The maximum atomic E-state index is 13.2. The van der Waals surface area contributed by atoms with Gasteiger partial charge in [-0.2, -0.15) is 5.10 Å². The molecule has 1 saturated carbocycles. The molecule has 1 N–H and O–H groups in total. The molecular formula is C22H32N4O3S. The lowest BCUT2D eigenvalue weighted by molar-refractivity contribution is 0.320. The second-order valence-corrected chi connectivity index (χ2v) is 10.6. The number of nitrogens with zero attached hydrogens (tertiary/aromatic N) is 3. The third-order valence-corrected chi connectivity index (χ3v) is 7.88. The third-order valence-electron chi connectivity index (χ3n) is 6.43. The fourth-order valence-corrected chi connectivity index (χ4v) is 5.63. The standard InChI is InChI=1S/C22H32N4O3S/c1-2-30(28,29)24-17-10-8-9-15-25(16-17)21-19-13-6-7-14-20(19)22(27)26(23-21)18-11-4-3-5-12-18/h6-7,13-14,17-18,24H,2-5,8-12,15-16H2,1H3. The van der Waals surface area contributed by atoms with Crippen LogP contribution in [0.1, 0.15) is 64.3 Å². The predicted octanol–water partition coefficient (Wildman–Crippen LogP) is 3.20. The number of hydrogen-bond donors (Lipinski definition) is 1. The van der Waals surface area contributed by atoms with E-state index >= 15 is 0 Å². The first-order valence-electron chi connectivity index (χ1n) is 11.2. The lowest BCUT2D eigenvalue weighted by Gasteiger charge is -2.29. The molecule has 1 aromatic carbocycles. The summed E-state index contributed by atoms with van der Waals surface area (Å²) in [4.78, 5) is 15.4. The summed E-state index contributed by atoms with van der Waals surface area (Å²) in [5.41, 5.74) is -0.0145. The Labute approximate surface area is 178 Å². The molecule has 1 atom stereocenters. The molecule has 0 amide bonds. The average molecular weight is 433 g/mol. The molecule has 7 nitrogen and oxygen atoms in total. The Hall–Kier alpha value is -1.93. The van der Waals surface area contributed by atoms with Crippen molar-refractivity contribution >= 4 is 26.6 Å². The van der Waals surface area contributed by atoms with Crippen LogP contribution >= 0.6 is 0 Å². The normalized spacial score (nSPS) is 21.6. The molecule has 164 valence electrons. The maximum Gasteiger partial charge on any atom is 0.275 e. The van der Waals surface area contributed by atoms with Gasteiger partial charge in [0, 0.05) is 24.5 Å². The van der Waals surface area contributed by atoms with E-state index in [9.17, 15) is 13.2 Å². The highest BCUT2D eigenvalue weighted by Crippen LogP contribution is 2.30. The van der Waals surface area contributed by atoms with Gasteiger partial charge in [0.1, 0.15) is 0 Å². The van der Waals surface area contributed by atoms with Crippen molar-refractivity contribution in [3.63, 3.8) is 0 Å². The van der Waals surface area contributed by atoms with Gasteiger partial charge in [-0.1, -0.05) is 43.9 Å². The Morgan fingerprint density at radius 1 is 1.03 bits per heavy atom. The Balaban J connectivity index is 1.74. The van der Waals surface area contributed by atoms with E-state index < -0.39 is 10.0 Å². The quantitative estimate of drug-likeness (QED) is 0.784. The third kappa shape index (κ3) is 4.54. The molecule has 0 radical (unpaired) electrons. The first-order valence-corrected chi connectivity index (χ1v) is 12.9. The lowest BCUT2D eigenvalue weighted by Crippen LogP contribution is -2.44. The van der Waals surface area contributed by atoms with E-state index in [2.05, 4.69) is 9.62 Å². The minimum atomic E-state index is -3.27. The van der Waals surface area contributed by atoms with E-state index in [4.69, 9.17) is 5.10 Å². The zero-order valence-corrected chi connectivity index (χ0v) is 18.5. The van der Waals surface area contributed by atoms with Gasteiger partial charge in [0.15, 0.2) is 5.82 Å². The van der Waals surface area contributed by atoms with Gasteiger partial charge in [0.2, 0.25) is 10.0 Å². The monoisotopic (exact) mass is 432 g/mol. The van der Waals surface area contributed by atoms with Gasteiger partial charge in [-0.3, -0.25) is 4.79 Å². The van der Waals surface area contributed by atoms with Crippen molar-refractivity contribution in [3.05, 3.63) is 34.6 Å². The van der Waals surface area contributed by atoms with Crippen molar-refractivity contribution < 1.29 is 8.42 Å². The van der Waals surface area contributed by atoms with Crippen molar-refractivity contribution in [2.75, 3.05) is 23.7 Å². The SMILES string of the molecule is CCS(=O)(=O)NC1CCCCN(c2nn(C3CCCCC3)c(=O)c3ccccc23)C1. The van der Waals surface area contributed by atoms with Crippen LogP contribution in [-0.4, -0.2) is 43.1 Å². The summed E-state index contributed by atoms with van der Waals surface area (Å²) in [7, 11) is -3.27. The highest BCUT2D eigenvalue weighted by molar-refractivity contribution is 7.89. The topological polar surface area (TPSA) is 84.3 Å². The van der Waals surface area contributed by atoms with Crippen molar-refractivity contribution in [2.24, 2.45) is 0 Å². The molecule has 1 aliphatic heterocycles. The van der Waals surface area contributed by atoms with Gasteiger partial charge in [0.05, 0.1) is 17.2 Å². The molecule has 2 heterocycles. The first-order chi connectivity index (χ1) is 14.5. The van der Waals surface area contributed by atoms with Gasteiger partial charge >= 0.3 is 0 Å². The summed E-state index contributed by atoms with van der Waals surface area (Å²) in [6, 6.07) is 7.69. The van der Waals surface area contributed by atoms with Gasteiger partial charge in [0.25, 0.3) is 5.56 Å². The molecule has 1 aliphatic carbocycles. The number of rotatable bonds is 5. The molecule has 30 heavy (non-hydrogen) atoms. The van der Waals surface area contributed by atoms with Crippen LogP contribution < -0.4 is 15.2 Å². The number of fused-ring (bicyclic) bond motifs is 1. The van der Waals surface area contributed by atoms with E-state index in [0.29, 0.717) is 11.9 Å². The molecule has 0 spiro atoms. The number of aromatic nitrogens is 2. The van der Waals surface area contributed by atoms with Crippen LogP contribution in [0.5, 0.6) is 0 Å². The summed E-state index contributed by atoms with van der Waals surface area (Å²) in [6.45, 7) is 3.04. The van der Waals surface area contributed by atoms with E-state index in [0.717, 1.165) is 62.7 Å². The van der Waals surface area contributed by atoms with Gasteiger partial charge < -0.3 is 4.90 Å². The van der Waals surface area contributed by atoms with Gasteiger partial charge in [-0.05, 0) is 38.7 Å². The van der Waals surface area contributed by atoms with Crippen molar-refractivity contribution in [1.29, 1.82) is 0 Å². The summed E-state index contributed by atoms with van der Waals surface area (Å²) < 4.78 is 28.9. The van der Waals surface area contributed by atoms with Crippen LogP contribution in [0.4, 0.5) is 5.82 Å². The fraction of sp³-hybridized carbons (Fsp3) is 0.636. The minimum Gasteiger partial charge on any atom is -0.353 e. The Morgan fingerprint density at radius 3 is 2.47 bits per heavy atom. The van der Waals surface area contributed by atoms with E-state index in [-0.39, 0.29) is 23.4 Å². The number of nitrogens with one attached hydrogen (secondary N) is 1. The van der Waals surface area contributed by atoms with Crippen molar-refractivity contribution in [2.45, 2.75) is 70.4 Å². The number of sulfonamides is 1. The summed E-state index contributed by atoms with van der Waals surface area (Å²) in [5.74, 6) is 0.885. The molecule has 8 heteroatoms. The smallest absolute Gasteiger partial charge is 0.275 e. The van der Waals surface area contributed by atoms with Crippen LogP contribution in [0.3, 0.4) is 0 Å². The Kier molecular flexibility index (Phi) is 6.43.